The first kappa shape index (κ1) is 14.8. The monoisotopic (exact) mass is 295 g/mol. The van der Waals surface area contributed by atoms with Crippen LogP contribution in [0.15, 0.2) is 18.2 Å². The lowest BCUT2D eigenvalue weighted by atomic mass is 10.2. The predicted octanol–water partition coefficient (Wildman–Crippen LogP) is 3.17. The summed E-state index contributed by atoms with van der Waals surface area (Å²) in [7, 11) is -1.64. The molecule has 0 unspecified atom stereocenters. The van der Waals surface area contributed by atoms with Gasteiger partial charge in [-0.2, -0.15) is 0 Å². The summed E-state index contributed by atoms with van der Waals surface area (Å²) in [6.45, 7) is 2.10. The molecule has 0 amide bonds. The third-order valence-corrected chi connectivity index (χ3v) is 4.94. The first-order chi connectivity index (χ1) is 7.86. The molecule has 0 aliphatic rings. The van der Waals surface area contributed by atoms with Gasteiger partial charge in [0.2, 0.25) is 10.0 Å². The van der Waals surface area contributed by atoms with Gasteiger partial charge >= 0.3 is 0 Å². The van der Waals surface area contributed by atoms with Gasteiger partial charge in [0, 0.05) is 23.6 Å². The summed E-state index contributed by atoms with van der Waals surface area (Å²) in [6, 6.07) is 5.05. The average molecular weight is 296 g/mol. The molecule has 0 saturated carbocycles. The van der Waals surface area contributed by atoms with Gasteiger partial charge in [0.25, 0.3) is 0 Å². The third kappa shape index (κ3) is 4.14. The molecule has 1 aromatic rings. The van der Waals surface area contributed by atoms with E-state index in [0.717, 1.165) is 5.56 Å². The Morgan fingerprint density at radius 1 is 1.29 bits per heavy atom. The largest absolute Gasteiger partial charge is 0.214 e. The molecule has 17 heavy (non-hydrogen) atoms. The van der Waals surface area contributed by atoms with Crippen LogP contribution in [0.25, 0.3) is 0 Å². The molecule has 0 bridgehead atoms. The predicted molar refractivity (Wildman–Crippen MR) is 72.0 cm³/mol. The Balaban J connectivity index is 2.85. The topological polar surface area (TPSA) is 37.4 Å². The van der Waals surface area contributed by atoms with Crippen LogP contribution in [0.5, 0.6) is 0 Å². The maximum absolute atomic E-state index is 11.8. The smallest absolute Gasteiger partial charge is 0.212 e. The summed E-state index contributed by atoms with van der Waals surface area (Å²) in [5.74, 6) is 0.148. The van der Waals surface area contributed by atoms with Crippen LogP contribution < -0.4 is 0 Å². The van der Waals surface area contributed by atoms with Gasteiger partial charge in [0.15, 0.2) is 0 Å². The standard InChI is InChI=1S/C11H15Cl2NO2S/c1-3-6-17(15,16)14(2)8-9-4-5-10(12)7-11(9)13/h4-5,7H,3,6,8H2,1-2H3. The van der Waals surface area contributed by atoms with Crippen molar-refractivity contribution < 1.29 is 8.42 Å². The van der Waals surface area contributed by atoms with Gasteiger partial charge in [0.05, 0.1) is 5.75 Å². The maximum Gasteiger partial charge on any atom is 0.214 e. The van der Waals surface area contributed by atoms with Crippen molar-refractivity contribution >= 4 is 33.2 Å². The molecule has 0 fully saturated rings. The van der Waals surface area contributed by atoms with Gasteiger partial charge in [-0.05, 0) is 24.1 Å². The van der Waals surface area contributed by atoms with E-state index < -0.39 is 10.0 Å². The highest BCUT2D eigenvalue weighted by molar-refractivity contribution is 7.89. The summed E-state index contributed by atoms with van der Waals surface area (Å²) in [4.78, 5) is 0. The summed E-state index contributed by atoms with van der Waals surface area (Å²) in [6.07, 6.45) is 0.598. The molecule has 1 rings (SSSR count). The zero-order valence-electron chi connectivity index (χ0n) is 9.78. The lowest BCUT2D eigenvalue weighted by molar-refractivity contribution is 0.466. The summed E-state index contributed by atoms with van der Waals surface area (Å²) < 4.78 is 24.9. The van der Waals surface area contributed by atoms with Crippen molar-refractivity contribution in [3.05, 3.63) is 33.8 Å². The molecule has 0 N–H and O–H groups in total. The quantitative estimate of drug-likeness (QED) is 0.837. The van der Waals surface area contributed by atoms with E-state index in [1.165, 1.54) is 4.31 Å². The van der Waals surface area contributed by atoms with E-state index >= 15 is 0 Å². The van der Waals surface area contributed by atoms with Crippen LogP contribution in [-0.4, -0.2) is 25.5 Å². The molecule has 3 nitrogen and oxygen atoms in total. The van der Waals surface area contributed by atoms with Crippen molar-refractivity contribution in [1.29, 1.82) is 0 Å². The lowest BCUT2D eigenvalue weighted by Gasteiger charge is -2.17. The molecule has 0 aromatic heterocycles. The van der Waals surface area contributed by atoms with E-state index in [-0.39, 0.29) is 12.3 Å². The second kappa shape index (κ2) is 6.05. The lowest BCUT2D eigenvalue weighted by Crippen LogP contribution is -2.28. The normalized spacial score (nSPS) is 12.1. The molecular formula is C11H15Cl2NO2S. The van der Waals surface area contributed by atoms with Gasteiger partial charge in [-0.25, -0.2) is 12.7 Å². The number of halogens is 2. The zero-order chi connectivity index (χ0) is 13.1. The van der Waals surface area contributed by atoms with Crippen LogP contribution in [0.2, 0.25) is 10.0 Å². The Bertz CT molecular complexity index is 488. The minimum absolute atomic E-state index is 0.148. The van der Waals surface area contributed by atoms with Gasteiger partial charge in [-0.1, -0.05) is 36.2 Å². The second-order valence-electron chi connectivity index (χ2n) is 3.81. The fourth-order valence-corrected chi connectivity index (χ4v) is 3.03. The number of sulfonamides is 1. The number of nitrogens with zero attached hydrogens (tertiary/aromatic N) is 1. The number of hydrogen-bond acceptors (Lipinski definition) is 2. The van der Waals surface area contributed by atoms with Gasteiger partial charge in [-0.3, -0.25) is 0 Å². The molecule has 0 atom stereocenters. The average Bonchev–Trinajstić information content (AvgIpc) is 2.22. The van der Waals surface area contributed by atoms with Crippen molar-refractivity contribution in [3.8, 4) is 0 Å². The fraction of sp³-hybridized carbons (Fsp3) is 0.455. The highest BCUT2D eigenvalue weighted by Crippen LogP contribution is 2.22. The zero-order valence-corrected chi connectivity index (χ0v) is 12.1. The minimum Gasteiger partial charge on any atom is -0.212 e. The van der Waals surface area contributed by atoms with E-state index in [1.54, 1.807) is 25.2 Å². The summed E-state index contributed by atoms with van der Waals surface area (Å²) >= 11 is 11.8. The van der Waals surface area contributed by atoms with Crippen LogP contribution in [0.1, 0.15) is 18.9 Å². The molecule has 6 heteroatoms. The van der Waals surface area contributed by atoms with Crippen molar-refractivity contribution in [1.82, 2.24) is 4.31 Å². The van der Waals surface area contributed by atoms with Gasteiger partial charge in [0.1, 0.15) is 0 Å². The Labute approximate surface area is 112 Å². The van der Waals surface area contributed by atoms with Crippen LogP contribution in [0, 0.1) is 0 Å². The van der Waals surface area contributed by atoms with Crippen molar-refractivity contribution in [2.75, 3.05) is 12.8 Å². The molecular weight excluding hydrogens is 281 g/mol. The maximum atomic E-state index is 11.8. The SMILES string of the molecule is CCCS(=O)(=O)N(C)Cc1ccc(Cl)cc1Cl. The van der Waals surface area contributed by atoms with Crippen LogP contribution in [0.3, 0.4) is 0 Å². The Morgan fingerprint density at radius 2 is 1.94 bits per heavy atom. The minimum atomic E-state index is -3.19. The van der Waals surface area contributed by atoms with E-state index in [2.05, 4.69) is 0 Å². The number of rotatable bonds is 5. The van der Waals surface area contributed by atoms with E-state index in [4.69, 9.17) is 23.2 Å². The summed E-state index contributed by atoms with van der Waals surface area (Å²) in [5.41, 5.74) is 0.748. The van der Waals surface area contributed by atoms with E-state index in [1.807, 2.05) is 6.92 Å². The van der Waals surface area contributed by atoms with Crippen LogP contribution in [0.4, 0.5) is 0 Å². The second-order valence-corrected chi connectivity index (χ2v) is 6.85. The first-order valence-electron chi connectivity index (χ1n) is 5.24. The first-order valence-corrected chi connectivity index (χ1v) is 7.61. The van der Waals surface area contributed by atoms with Crippen molar-refractivity contribution in [2.45, 2.75) is 19.9 Å². The summed E-state index contributed by atoms with van der Waals surface area (Å²) in [5, 5.41) is 1.02. The van der Waals surface area contributed by atoms with Gasteiger partial charge in [-0.15, -0.1) is 0 Å². The van der Waals surface area contributed by atoms with Crippen molar-refractivity contribution in [2.24, 2.45) is 0 Å². The van der Waals surface area contributed by atoms with Crippen molar-refractivity contribution in [3.63, 3.8) is 0 Å². The Morgan fingerprint density at radius 3 is 2.47 bits per heavy atom. The fourth-order valence-electron chi connectivity index (χ4n) is 1.40. The van der Waals surface area contributed by atoms with Crippen LogP contribution in [-0.2, 0) is 16.6 Å². The molecule has 0 heterocycles. The van der Waals surface area contributed by atoms with E-state index in [9.17, 15) is 8.42 Å². The molecule has 0 aliphatic heterocycles. The van der Waals surface area contributed by atoms with Gasteiger partial charge < -0.3 is 0 Å². The van der Waals surface area contributed by atoms with Crippen LogP contribution >= 0.6 is 23.2 Å². The molecule has 0 aliphatic carbocycles. The number of hydrogen-bond donors (Lipinski definition) is 0. The Kier molecular flexibility index (Phi) is 5.25. The van der Waals surface area contributed by atoms with E-state index in [0.29, 0.717) is 16.5 Å². The third-order valence-electron chi connectivity index (χ3n) is 2.35. The molecule has 96 valence electrons. The molecule has 1 aromatic carbocycles. The highest BCUT2D eigenvalue weighted by atomic mass is 35.5. The Hall–Kier alpha value is -0.290. The highest BCUT2D eigenvalue weighted by Gasteiger charge is 2.17. The number of benzene rings is 1. The molecule has 0 spiro atoms. The molecule has 0 saturated heterocycles. The molecule has 0 radical (unpaired) electrons.